The van der Waals surface area contributed by atoms with Gasteiger partial charge < -0.3 is 16.0 Å². The molecule has 0 fully saturated rings. The average Bonchev–Trinajstić information content (AvgIpc) is 2.79. The fraction of sp³-hybridized carbons (Fsp3) is 0.522. The van der Waals surface area contributed by atoms with Crippen molar-refractivity contribution in [2.45, 2.75) is 64.2 Å². The van der Waals surface area contributed by atoms with E-state index < -0.39 is 45.0 Å². The number of anilines is 1. The Hall–Kier alpha value is -2.93. The van der Waals surface area contributed by atoms with E-state index in [-0.39, 0.29) is 29.0 Å². The van der Waals surface area contributed by atoms with E-state index in [2.05, 4.69) is 0 Å². The van der Waals surface area contributed by atoms with Gasteiger partial charge in [0.15, 0.2) is 0 Å². The van der Waals surface area contributed by atoms with Gasteiger partial charge in [0.1, 0.15) is 0 Å². The van der Waals surface area contributed by atoms with Crippen LogP contribution in [0.5, 0.6) is 0 Å². The average molecular weight is 535 g/mol. The molecule has 202 valence electrons. The molecule has 0 radical (unpaired) electrons. The SMILES string of the molecule is CC[C@H](C)[C@H](N)C(=O)N(C)[C@H](/C=C(\C)C(=O)NS(=O)(=O)c1ccc(NC(=O)C(F)(F)F)cc1)C(C)C. The Balaban J connectivity index is 3.04. The smallest absolute Gasteiger partial charge is 0.338 e. The number of nitrogens with one attached hydrogen (secondary N) is 2. The van der Waals surface area contributed by atoms with Gasteiger partial charge in [-0.2, -0.15) is 13.2 Å². The van der Waals surface area contributed by atoms with Crippen LogP contribution < -0.4 is 15.8 Å². The molecule has 0 saturated carbocycles. The largest absolute Gasteiger partial charge is 0.471 e. The molecule has 0 aliphatic rings. The summed E-state index contributed by atoms with van der Waals surface area (Å²) in [5.74, 6) is -3.64. The predicted octanol–water partition coefficient (Wildman–Crippen LogP) is 2.80. The summed E-state index contributed by atoms with van der Waals surface area (Å²) in [5.41, 5.74) is 5.81. The summed E-state index contributed by atoms with van der Waals surface area (Å²) in [5, 5.41) is 1.59. The van der Waals surface area contributed by atoms with Crippen LogP contribution in [0, 0.1) is 11.8 Å². The Morgan fingerprint density at radius 3 is 2.08 bits per heavy atom. The van der Waals surface area contributed by atoms with Gasteiger partial charge in [-0.1, -0.05) is 40.2 Å². The minimum Gasteiger partial charge on any atom is -0.338 e. The van der Waals surface area contributed by atoms with Crippen molar-refractivity contribution in [1.82, 2.24) is 9.62 Å². The Morgan fingerprint density at radius 2 is 1.64 bits per heavy atom. The number of likely N-dealkylation sites (N-methyl/N-ethyl adjacent to an activating group) is 1. The molecule has 0 heterocycles. The lowest BCUT2D eigenvalue weighted by molar-refractivity contribution is -0.167. The van der Waals surface area contributed by atoms with E-state index in [1.807, 2.05) is 32.4 Å². The van der Waals surface area contributed by atoms with Gasteiger partial charge in [-0.3, -0.25) is 14.4 Å². The second kappa shape index (κ2) is 12.3. The van der Waals surface area contributed by atoms with Crippen LogP contribution >= 0.6 is 0 Å². The maximum Gasteiger partial charge on any atom is 0.471 e. The molecule has 0 bridgehead atoms. The van der Waals surface area contributed by atoms with Crippen LogP contribution in [-0.2, 0) is 24.4 Å². The quantitative estimate of drug-likeness (QED) is 0.395. The monoisotopic (exact) mass is 534 g/mol. The first-order valence-corrected chi connectivity index (χ1v) is 12.7. The van der Waals surface area contributed by atoms with Gasteiger partial charge in [-0.25, -0.2) is 13.1 Å². The van der Waals surface area contributed by atoms with E-state index in [9.17, 15) is 36.0 Å². The highest BCUT2D eigenvalue weighted by atomic mass is 32.2. The number of nitrogens with two attached hydrogens (primary N) is 1. The number of alkyl halides is 3. The van der Waals surface area contributed by atoms with E-state index in [0.29, 0.717) is 6.42 Å². The van der Waals surface area contributed by atoms with Crippen LogP contribution in [0.25, 0.3) is 0 Å². The standard InChI is InChI=1S/C23H33F3N4O5S/c1-7-14(4)19(27)21(32)30(6)18(13(2)3)12-15(5)20(31)29-36(34,35)17-10-8-16(9-11-17)28-22(33)23(24,25)26/h8-14,18-19H,7,27H2,1-6H3,(H,28,33)(H,29,31)/b15-12+/t14-,18+,19-/m0/s1. The molecule has 0 saturated heterocycles. The highest BCUT2D eigenvalue weighted by Gasteiger charge is 2.38. The number of rotatable bonds is 10. The molecule has 0 spiro atoms. The Bertz CT molecular complexity index is 1090. The molecule has 1 rings (SSSR count). The first-order valence-electron chi connectivity index (χ1n) is 11.2. The van der Waals surface area contributed by atoms with Crippen LogP contribution in [0.1, 0.15) is 41.0 Å². The van der Waals surface area contributed by atoms with Crippen molar-refractivity contribution < 1.29 is 36.0 Å². The Kier molecular flexibility index (Phi) is 10.7. The predicted molar refractivity (Wildman–Crippen MR) is 129 cm³/mol. The van der Waals surface area contributed by atoms with Crippen LogP contribution in [0.4, 0.5) is 18.9 Å². The first kappa shape index (κ1) is 31.1. The van der Waals surface area contributed by atoms with Gasteiger partial charge >= 0.3 is 12.1 Å². The highest BCUT2D eigenvalue weighted by Crippen LogP contribution is 2.20. The first-order chi connectivity index (χ1) is 16.4. The van der Waals surface area contributed by atoms with E-state index in [0.717, 1.165) is 24.3 Å². The van der Waals surface area contributed by atoms with Gasteiger partial charge in [0.25, 0.3) is 15.9 Å². The number of halogens is 3. The number of nitrogens with zero attached hydrogens (tertiary/aromatic N) is 1. The van der Waals surface area contributed by atoms with E-state index in [1.54, 1.807) is 12.4 Å². The highest BCUT2D eigenvalue weighted by molar-refractivity contribution is 7.90. The summed E-state index contributed by atoms with van der Waals surface area (Å²) >= 11 is 0. The van der Waals surface area contributed by atoms with Crippen molar-refractivity contribution in [3.05, 3.63) is 35.9 Å². The summed E-state index contributed by atoms with van der Waals surface area (Å²) in [7, 11) is -2.81. The molecule has 0 aromatic heterocycles. The third kappa shape index (κ3) is 8.33. The third-order valence-electron chi connectivity index (χ3n) is 5.71. The van der Waals surface area contributed by atoms with Crippen LogP contribution in [0.15, 0.2) is 40.8 Å². The fourth-order valence-corrected chi connectivity index (χ4v) is 4.16. The minimum absolute atomic E-state index is 0.0306. The van der Waals surface area contributed by atoms with Crippen LogP contribution in [-0.4, -0.2) is 56.3 Å². The minimum atomic E-state index is -5.10. The van der Waals surface area contributed by atoms with Gasteiger partial charge in [0.05, 0.1) is 17.0 Å². The maximum absolute atomic E-state index is 12.8. The van der Waals surface area contributed by atoms with Gasteiger partial charge in [-0.15, -0.1) is 0 Å². The number of amides is 3. The molecule has 3 atom stereocenters. The zero-order valence-electron chi connectivity index (χ0n) is 21.0. The lowest BCUT2D eigenvalue weighted by atomic mass is 9.95. The number of hydrogen-bond acceptors (Lipinski definition) is 6. The second-order valence-electron chi connectivity index (χ2n) is 8.86. The summed E-state index contributed by atoms with van der Waals surface area (Å²) in [6, 6.07) is 2.54. The van der Waals surface area contributed by atoms with Crippen LogP contribution in [0.3, 0.4) is 0 Å². The van der Waals surface area contributed by atoms with Crippen molar-refractivity contribution in [3.63, 3.8) is 0 Å². The number of carbonyl (C=O) groups is 3. The number of benzene rings is 1. The molecular formula is C23H33F3N4O5S. The molecule has 13 heteroatoms. The number of hydrogen-bond donors (Lipinski definition) is 3. The van der Waals surface area contributed by atoms with Crippen molar-refractivity contribution in [2.24, 2.45) is 17.6 Å². The van der Waals surface area contributed by atoms with Gasteiger partial charge in [-0.05, 0) is 43.0 Å². The molecule has 1 aromatic carbocycles. The molecule has 1 aromatic rings. The van der Waals surface area contributed by atoms with Gasteiger partial charge in [0, 0.05) is 18.3 Å². The maximum atomic E-state index is 12.8. The lowest BCUT2D eigenvalue weighted by Crippen LogP contribution is -2.50. The van der Waals surface area contributed by atoms with Crippen molar-refractivity contribution in [1.29, 1.82) is 0 Å². The Morgan fingerprint density at radius 1 is 1.11 bits per heavy atom. The lowest BCUT2D eigenvalue weighted by Gasteiger charge is -2.32. The summed E-state index contributed by atoms with van der Waals surface area (Å²) in [4.78, 5) is 37.4. The Labute approximate surface area is 209 Å². The molecular weight excluding hydrogens is 501 g/mol. The molecule has 0 unspecified atom stereocenters. The molecule has 36 heavy (non-hydrogen) atoms. The van der Waals surface area contributed by atoms with Gasteiger partial charge in [0.2, 0.25) is 5.91 Å². The molecule has 3 amide bonds. The summed E-state index contributed by atoms with van der Waals surface area (Å²) in [6.07, 6.45) is -2.92. The van der Waals surface area contributed by atoms with E-state index >= 15 is 0 Å². The molecule has 0 aliphatic heterocycles. The van der Waals surface area contributed by atoms with Crippen LogP contribution in [0.2, 0.25) is 0 Å². The van der Waals surface area contributed by atoms with Crippen molar-refractivity contribution in [3.8, 4) is 0 Å². The third-order valence-corrected chi connectivity index (χ3v) is 7.05. The number of carbonyl (C=O) groups excluding carboxylic acids is 3. The normalized spacial score (nSPS) is 15.1. The zero-order valence-corrected chi connectivity index (χ0v) is 21.8. The van der Waals surface area contributed by atoms with E-state index in [1.165, 1.54) is 17.9 Å². The van der Waals surface area contributed by atoms with Crippen molar-refractivity contribution >= 4 is 33.4 Å². The fourth-order valence-electron chi connectivity index (χ4n) is 3.14. The van der Waals surface area contributed by atoms with E-state index in [4.69, 9.17) is 5.73 Å². The molecule has 4 N–H and O–H groups in total. The molecule has 0 aliphatic carbocycles. The zero-order chi connectivity index (χ0) is 28.0. The second-order valence-corrected chi connectivity index (χ2v) is 10.5. The number of sulfonamides is 1. The van der Waals surface area contributed by atoms with Crippen molar-refractivity contribution in [2.75, 3.05) is 12.4 Å². The summed E-state index contributed by atoms with van der Waals surface area (Å²) in [6.45, 7) is 8.83. The molecule has 9 nitrogen and oxygen atoms in total. The summed E-state index contributed by atoms with van der Waals surface area (Å²) < 4.78 is 64.1. The topological polar surface area (TPSA) is 139 Å².